The summed E-state index contributed by atoms with van der Waals surface area (Å²) in [6.07, 6.45) is 28.4. The fourth-order valence-electron chi connectivity index (χ4n) is 5.64. The zero-order valence-corrected chi connectivity index (χ0v) is 18.7. The highest BCUT2D eigenvalue weighted by atomic mass is 35.5. The molecule has 0 aliphatic carbocycles. The van der Waals surface area contributed by atoms with Gasteiger partial charge in [0.15, 0.2) is 0 Å². The molecule has 2 rings (SSSR count). The Morgan fingerprint density at radius 1 is 0.577 bits per heavy atom. The molecular formula is C24H48ClN. The van der Waals surface area contributed by atoms with Gasteiger partial charge in [0.05, 0.1) is 25.7 Å². The van der Waals surface area contributed by atoms with Gasteiger partial charge in [-0.3, -0.25) is 0 Å². The molecule has 0 amide bonds. The number of nitrogens with zero attached hydrogens (tertiary/aromatic N) is 1. The molecule has 0 bridgehead atoms. The number of rotatable bonds is 15. The molecule has 2 saturated heterocycles. The first kappa shape index (κ1) is 24.3. The van der Waals surface area contributed by atoms with E-state index in [1.807, 2.05) is 0 Å². The van der Waals surface area contributed by atoms with Gasteiger partial charge in [0, 0.05) is 12.8 Å². The Kier molecular flexibility index (Phi) is 14.2. The molecule has 2 aliphatic rings. The summed E-state index contributed by atoms with van der Waals surface area (Å²) in [4.78, 5) is 0. The van der Waals surface area contributed by atoms with Crippen LogP contribution in [0.2, 0.25) is 0 Å². The lowest BCUT2D eigenvalue weighted by Crippen LogP contribution is -3.00. The molecule has 2 unspecified atom stereocenters. The summed E-state index contributed by atoms with van der Waals surface area (Å²) in [6.45, 7) is 6.86. The molecule has 2 aliphatic heterocycles. The monoisotopic (exact) mass is 385 g/mol. The molecule has 0 aromatic carbocycles. The van der Waals surface area contributed by atoms with Crippen molar-refractivity contribution in [2.45, 2.75) is 135 Å². The quantitative estimate of drug-likeness (QED) is 0.284. The van der Waals surface area contributed by atoms with Gasteiger partial charge in [-0.2, -0.15) is 0 Å². The third-order valence-corrected chi connectivity index (χ3v) is 7.26. The Morgan fingerprint density at radius 2 is 1.04 bits per heavy atom. The second kappa shape index (κ2) is 15.2. The Labute approximate surface area is 171 Å². The summed E-state index contributed by atoms with van der Waals surface area (Å²) in [6, 6.07) is 1.07. The van der Waals surface area contributed by atoms with Crippen molar-refractivity contribution in [2.24, 2.45) is 0 Å². The Morgan fingerprint density at radius 3 is 1.62 bits per heavy atom. The van der Waals surface area contributed by atoms with Crippen LogP contribution in [0.1, 0.15) is 129 Å². The number of quaternary nitrogens is 1. The average molecular weight is 386 g/mol. The lowest BCUT2D eigenvalue weighted by molar-refractivity contribution is -0.944. The molecular weight excluding hydrogens is 338 g/mol. The molecule has 0 spiro atoms. The molecule has 156 valence electrons. The van der Waals surface area contributed by atoms with Crippen LogP contribution in [0, 0.1) is 0 Å². The van der Waals surface area contributed by atoms with Gasteiger partial charge in [0.1, 0.15) is 0 Å². The van der Waals surface area contributed by atoms with Crippen molar-refractivity contribution in [1.82, 2.24) is 0 Å². The second-order valence-corrected chi connectivity index (χ2v) is 9.28. The zero-order chi connectivity index (χ0) is 17.6. The highest BCUT2D eigenvalue weighted by Crippen LogP contribution is 2.35. The first-order chi connectivity index (χ1) is 12.4. The van der Waals surface area contributed by atoms with E-state index >= 15 is 0 Å². The average Bonchev–Trinajstić information content (AvgIpc) is 3.06. The maximum absolute atomic E-state index is 2.31. The first-order valence-electron chi connectivity index (χ1n) is 12.2. The minimum absolute atomic E-state index is 0. The minimum atomic E-state index is 0. The SMILES string of the molecule is CCCCCCCCCCCCCCCC[N+]12CCCCC1CCC2.[Cl-]. The number of hydrogen-bond acceptors (Lipinski definition) is 0. The summed E-state index contributed by atoms with van der Waals surface area (Å²) in [7, 11) is 0. The van der Waals surface area contributed by atoms with Gasteiger partial charge in [0.25, 0.3) is 0 Å². The molecule has 0 aromatic heterocycles. The molecule has 2 fully saturated rings. The Hall–Kier alpha value is 0.250. The van der Waals surface area contributed by atoms with Gasteiger partial charge in [-0.25, -0.2) is 0 Å². The standard InChI is InChI=1S/C24H48N.ClH/c1-2-3-4-5-6-7-8-9-10-11-12-13-14-16-21-25-22-17-15-19-24(25)20-18-23-25;/h24H,2-23H2,1H3;1H/q+1;/p-1. The lowest BCUT2D eigenvalue weighted by atomic mass is 9.98. The fraction of sp³-hybridized carbons (Fsp3) is 1.00. The Bertz CT molecular complexity index is 319. The van der Waals surface area contributed by atoms with Gasteiger partial charge in [-0.15, -0.1) is 0 Å². The maximum atomic E-state index is 2.31. The smallest absolute Gasteiger partial charge is 0.0892 e. The van der Waals surface area contributed by atoms with Gasteiger partial charge < -0.3 is 16.9 Å². The maximum Gasteiger partial charge on any atom is 0.0892 e. The van der Waals surface area contributed by atoms with Gasteiger partial charge in [0.2, 0.25) is 0 Å². The van der Waals surface area contributed by atoms with Crippen LogP contribution in [0.4, 0.5) is 0 Å². The molecule has 2 heteroatoms. The summed E-state index contributed by atoms with van der Waals surface area (Å²) in [5.41, 5.74) is 0. The fourth-order valence-corrected chi connectivity index (χ4v) is 5.64. The van der Waals surface area contributed by atoms with Gasteiger partial charge in [-0.05, 0) is 32.1 Å². The van der Waals surface area contributed by atoms with E-state index in [0.717, 1.165) is 6.04 Å². The van der Waals surface area contributed by atoms with E-state index in [4.69, 9.17) is 0 Å². The molecule has 0 saturated carbocycles. The van der Waals surface area contributed by atoms with Gasteiger partial charge in [-0.1, -0.05) is 84.0 Å². The molecule has 0 aromatic rings. The largest absolute Gasteiger partial charge is 1.00 e. The van der Waals surface area contributed by atoms with Crippen LogP contribution >= 0.6 is 0 Å². The van der Waals surface area contributed by atoms with E-state index in [0.29, 0.717) is 0 Å². The van der Waals surface area contributed by atoms with Crippen molar-refractivity contribution in [2.75, 3.05) is 19.6 Å². The third-order valence-electron chi connectivity index (χ3n) is 7.26. The van der Waals surface area contributed by atoms with Crippen LogP contribution < -0.4 is 12.4 Å². The van der Waals surface area contributed by atoms with E-state index in [1.165, 1.54) is 133 Å². The molecule has 0 N–H and O–H groups in total. The van der Waals surface area contributed by atoms with Crippen molar-refractivity contribution >= 4 is 0 Å². The number of hydrogen-bond donors (Lipinski definition) is 0. The summed E-state index contributed by atoms with van der Waals surface area (Å²) < 4.78 is 1.54. The first-order valence-corrected chi connectivity index (χ1v) is 12.2. The molecule has 1 nitrogen and oxygen atoms in total. The van der Waals surface area contributed by atoms with Gasteiger partial charge >= 0.3 is 0 Å². The van der Waals surface area contributed by atoms with Crippen LogP contribution in [-0.2, 0) is 0 Å². The van der Waals surface area contributed by atoms with E-state index in [-0.39, 0.29) is 12.4 Å². The van der Waals surface area contributed by atoms with Crippen LogP contribution in [0.25, 0.3) is 0 Å². The predicted molar refractivity (Wildman–Crippen MR) is 112 cm³/mol. The van der Waals surface area contributed by atoms with E-state index in [2.05, 4.69) is 6.92 Å². The molecule has 0 radical (unpaired) electrons. The van der Waals surface area contributed by atoms with Crippen LogP contribution in [-0.4, -0.2) is 30.2 Å². The molecule has 26 heavy (non-hydrogen) atoms. The highest BCUT2D eigenvalue weighted by Gasteiger charge is 2.42. The van der Waals surface area contributed by atoms with E-state index in [1.54, 1.807) is 12.8 Å². The lowest BCUT2D eigenvalue weighted by Gasteiger charge is -2.43. The van der Waals surface area contributed by atoms with Crippen molar-refractivity contribution in [3.8, 4) is 0 Å². The predicted octanol–water partition coefficient (Wildman–Crippen LogP) is 4.63. The van der Waals surface area contributed by atoms with E-state index in [9.17, 15) is 0 Å². The summed E-state index contributed by atoms with van der Waals surface area (Å²) in [5.74, 6) is 0. The number of halogens is 1. The molecule has 2 atom stereocenters. The van der Waals surface area contributed by atoms with Crippen molar-refractivity contribution in [3.63, 3.8) is 0 Å². The Balaban J connectivity index is 0.00000338. The highest BCUT2D eigenvalue weighted by molar-refractivity contribution is 4.73. The van der Waals surface area contributed by atoms with Crippen LogP contribution in [0.5, 0.6) is 0 Å². The number of piperidine rings is 1. The second-order valence-electron chi connectivity index (χ2n) is 9.28. The summed E-state index contributed by atoms with van der Waals surface area (Å²) in [5, 5.41) is 0. The minimum Gasteiger partial charge on any atom is -1.00 e. The number of fused-ring (bicyclic) bond motifs is 1. The van der Waals surface area contributed by atoms with Crippen molar-refractivity contribution in [1.29, 1.82) is 0 Å². The van der Waals surface area contributed by atoms with Crippen molar-refractivity contribution in [3.05, 3.63) is 0 Å². The van der Waals surface area contributed by atoms with Crippen LogP contribution in [0.15, 0.2) is 0 Å². The van der Waals surface area contributed by atoms with Crippen molar-refractivity contribution < 1.29 is 16.9 Å². The van der Waals surface area contributed by atoms with E-state index < -0.39 is 0 Å². The normalized spacial score (nSPS) is 25.0. The topological polar surface area (TPSA) is 0 Å². The summed E-state index contributed by atoms with van der Waals surface area (Å²) >= 11 is 0. The zero-order valence-electron chi connectivity index (χ0n) is 18.0. The van der Waals surface area contributed by atoms with Crippen LogP contribution in [0.3, 0.4) is 0 Å². The molecule has 2 heterocycles. The number of unbranched alkanes of at least 4 members (excludes halogenated alkanes) is 13. The third kappa shape index (κ3) is 8.96.